The lowest BCUT2D eigenvalue weighted by Gasteiger charge is -2.21. The number of rotatable bonds is 5. The van der Waals surface area contributed by atoms with E-state index in [1.54, 1.807) is 0 Å². The van der Waals surface area contributed by atoms with Crippen LogP contribution in [0.25, 0.3) is 0 Å². The maximum absolute atomic E-state index is 2.52. The molecule has 1 radical (unpaired) electrons. The van der Waals surface area contributed by atoms with Crippen LogP contribution in [0.15, 0.2) is 30.3 Å². The van der Waals surface area contributed by atoms with E-state index in [1.165, 1.54) is 24.3 Å². The van der Waals surface area contributed by atoms with E-state index in [9.17, 15) is 0 Å². The smallest absolute Gasteiger partial charge is 0.0908 e. The van der Waals surface area contributed by atoms with Crippen molar-refractivity contribution < 1.29 is 0 Å². The zero-order valence-electron chi connectivity index (χ0n) is 9.59. The fourth-order valence-corrected chi connectivity index (χ4v) is 4.21. The molecule has 1 aromatic carbocycles. The Balaban J connectivity index is 2.50. The Morgan fingerprint density at radius 1 is 1.14 bits per heavy atom. The predicted octanol–water partition coefficient (Wildman–Crippen LogP) is 3.02. The van der Waals surface area contributed by atoms with Crippen LogP contribution in [-0.4, -0.2) is 14.8 Å². The first-order valence-electron chi connectivity index (χ1n) is 5.55. The Hall–Kier alpha value is -0.498. The summed E-state index contributed by atoms with van der Waals surface area (Å²) in [5.41, 5.74) is 1.40. The lowest BCUT2D eigenvalue weighted by molar-refractivity contribution is 0.872. The minimum atomic E-state index is -1.09. The molecule has 14 heavy (non-hydrogen) atoms. The first-order valence-corrected chi connectivity index (χ1v) is 8.83. The fraction of sp³-hybridized carbons (Fsp3) is 0.500. The van der Waals surface area contributed by atoms with Crippen molar-refractivity contribution in [1.29, 1.82) is 0 Å². The molecule has 0 aliphatic carbocycles. The van der Waals surface area contributed by atoms with Gasteiger partial charge in [0.15, 0.2) is 0 Å². The molecule has 0 saturated heterocycles. The molecule has 0 heterocycles. The van der Waals surface area contributed by atoms with E-state index in [4.69, 9.17) is 0 Å². The zero-order chi connectivity index (χ0) is 10.4. The molecule has 0 fully saturated rings. The van der Waals surface area contributed by atoms with Gasteiger partial charge in [-0.05, 0) is 0 Å². The summed E-state index contributed by atoms with van der Waals surface area (Å²) >= 11 is 0. The van der Waals surface area contributed by atoms with E-state index in [-0.39, 0.29) is 0 Å². The molecule has 0 spiro atoms. The first-order chi connectivity index (χ1) is 6.64. The van der Waals surface area contributed by atoms with Crippen LogP contribution >= 0.6 is 0 Å². The second kappa shape index (κ2) is 5.40. The highest BCUT2D eigenvalue weighted by Crippen LogP contribution is 2.11. The number of unbranched alkanes of at least 4 members (excludes halogenated alkanes) is 1. The Kier molecular flexibility index (Phi) is 4.46. The monoisotopic (exact) mass is 203 g/mol. The van der Waals surface area contributed by atoms with E-state index in [0.29, 0.717) is 0 Å². The van der Waals surface area contributed by atoms with Crippen LogP contribution in [0.1, 0.15) is 19.8 Å². The molecule has 0 aliphatic heterocycles. The summed E-state index contributed by atoms with van der Waals surface area (Å²) < 4.78 is 0. The summed E-state index contributed by atoms with van der Waals surface area (Å²) in [6, 6.07) is 12.2. The summed E-state index contributed by atoms with van der Waals surface area (Å²) in [6.07, 6.45) is 2.70. The van der Waals surface area contributed by atoms with Crippen molar-refractivity contribution in [3.8, 4) is 0 Å². The summed E-state index contributed by atoms with van der Waals surface area (Å²) in [4.78, 5) is 0. The highest BCUT2D eigenvalue weighted by molar-refractivity contribution is 7.28. The van der Waals surface area contributed by atoms with E-state index in [1.807, 2.05) is 0 Å². The Morgan fingerprint density at radius 2 is 1.79 bits per heavy atom. The number of hydrogen-bond donors (Lipinski definition) is 0. The van der Waals surface area contributed by atoms with Crippen LogP contribution in [0.4, 0.5) is 0 Å². The van der Waals surface area contributed by atoms with Gasteiger partial charge in [0.1, 0.15) is 6.87 Å². The van der Waals surface area contributed by atoms with Crippen LogP contribution in [0.5, 0.6) is 0 Å². The number of benzene rings is 1. The predicted molar refractivity (Wildman–Crippen MR) is 69.0 cm³/mol. The van der Waals surface area contributed by atoms with Gasteiger partial charge in [-0.1, -0.05) is 74.7 Å². The van der Waals surface area contributed by atoms with Crippen molar-refractivity contribution in [3.05, 3.63) is 30.3 Å². The molecular formula is C12H20BSi. The van der Waals surface area contributed by atoms with Crippen LogP contribution in [0, 0.1) is 0 Å². The molecular weight excluding hydrogens is 183 g/mol. The van der Waals surface area contributed by atoms with Crippen LogP contribution < -0.4 is 5.46 Å². The SMILES string of the molecule is CCCC[Si](C)(C)[B]c1ccccc1. The highest BCUT2D eigenvalue weighted by Gasteiger charge is 2.20. The summed E-state index contributed by atoms with van der Waals surface area (Å²) in [5, 5.41) is 0. The third-order valence-electron chi connectivity index (χ3n) is 2.53. The summed E-state index contributed by atoms with van der Waals surface area (Å²) in [5.74, 6) is 0. The third kappa shape index (κ3) is 4.14. The summed E-state index contributed by atoms with van der Waals surface area (Å²) in [6.45, 7) is 9.70. The fourth-order valence-electron chi connectivity index (χ4n) is 1.71. The van der Waals surface area contributed by atoms with E-state index >= 15 is 0 Å². The molecule has 1 aromatic rings. The van der Waals surface area contributed by atoms with Gasteiger partial charge in [0, 0.05) is 7.94 Å². The third-order valence-corrected chi connectivity index (χ3v) is 5.29. The van der Waals surface area contributed by atoms with Crippen molar-refractivity contribution in [2.45, 2.75) is 38.9 Å². The van der Waals surface area contributed by atoms with Gasteiger partial charge in [-0.2, -0.15) is 0 Å². The molecule has 0 unspecified atom stereocenters. The Labute approximate surface area is 89.9 Å². The molecule has 75 valence electrons. The minimum Gasteiger partial charge on any atom is -0.0908 e. The Bertz CT molecular complexity index is 256. The van der Waals surface area contributed by atoms with Crippen LogP contribution in [-0.2, 0) is 0 Å². The van der Waals surface area contributed by atoms with Crippen molar-refractivity contribution in [2.24, 2.45) is 0 Å². The lowest BCUT2D eigenvalue weighted by Crippen LogP contribution is -2.41. The van der Waals surface area contributed by atoms with Gasteiger partial charge < -0.3 is 0 Å². The van der Waals surface area contributed by atoms with Gasteiger partial charge >= 0.3 is 0 Å². The van der Waals surface area contributed by atoms with Crippen molar-refractivity contribution in [3.63, 3.8) is 0 Å². The molecule has 0 N–H and O–H groups in total. The minimum absolute atomic E-state index is 1.09. The van der Waals surface area contributed by atoms with Gasteiger partial charge in [-0.3, -0.25) is 0 Å². The van der Waals surface area contributed by atoms with E-state index < -0.39 is 7.94 Å². The maximum Gasteiger partial charge on any atom is 0.144 e. The normalized spacial score (nSPS) is 11.4. The average molecular weight is 203 g/mol. The molecule has 0 aromatic heterocycles. The van der Waals surface area contributed by atoms with Crippen LogP contribution in [0.3, 0.4) is 0 Å². The second-order valence-electron chi connectivity index (χ2n) is 4.65. The standard InChI is InChI=1S/C12H20BSi/c1-4-5-11-14(2,3)13-12-9-7-6-8-10-12/h6-10H,4-5,11H2,1-3H3. The van der Waals surface area contributed by atoms with Gasteiger partial charge in [0.05, 0.1) is 0 Å². The molecule has 0 saturated carbocycles. The molecule has 0 nitrogen and oxygen atoms in total. The summed E-state index contributed by atoms with van der Waals surface area (Å²) in [7, 11) is -1.09. The largest absolute Gasteiger partial charge is 0.144 e. The van der Waals surface area contributed by atoms with Gasteiger partial charge in [0.25, 0.3) is 0 Å². The molecule has 0 aliphatic rings. The van der Waals surface area contributed by atoms with Gasteiger partial charge in [0.2, 0.25) is 0 Å². The van der Waals surface area contributed by atoms with Crippen molar-refractivity contribution >= 4 is 20.3 Å². The van der Waals surface area contributed by atoms with E-state index in [2.05, 4.69) is 57.2 Å². The zero-order valence-corrected chi connectivity index (χ0v) is 10.6. The first kappa shape index (κ1) is 11.6. The highest BCUT2D eigenvalue weighted by atomic mass is 28.3. The molecule has 0 amide bonds. The number of hydrogen-bond acceptors (Lipinski definition) is 0. The Morgan fingerprint density at radius 3 is 2.36 bits per heavy atom. The second-order valence-corrected chi connectivity index (χ2v) is 9.41. The quantitative estimate of drug-likeness (QED) is 0.645. The molecule has 0 bridgehead atoms. The van der Waals surface area contributed by atoms with Crippen molar-refractivity contribution in [1.82, 2.24) is 0 Å². The van der Waals surface area contributed by atoms with Crippen molar-refractivity contribution in [2.75, 3.05) is 0 Å². The average Bonchev–Trinajstić information content (AvgIpc) is 2.16. The molecule has 0 atom stereocenters. The van der Waals surface area contributed by atoms with Gasteiger partial charge in [-0.15, -0.1) is 0 Å². The van der Waals surface area contributed by atoms with Gasteiger partial charge in [-0.25, -0.2) is 0 Å². The maximum atomic E-state index is 2.52. The van der Waals surface area contributed by atoms with E-state index in [0.717, 1.165) is 0 Å². The van der Waals surface area contributed by atoms with Crippen LogP contribution in [0.2, 0.25) is 19.1 Å². The molecule has 2 heteroatoms. The lowest BCUT2D eigenvalue weighted by atomic mass is 9.94. The topological polar surface area (TPSA) is 0 Å². The molecule has 1 rings (SSSR count).